The zero-order chi connectivity index (χ0) is 19.9. The Hall–Kier alpha value is -2.11. The molecule has 0 atom stereocenters. The number of nitrogens with zero attached hydrogens (tertiary/aromatic N) is 3. The van der Waals surface area contributed by atoms with Gasteiger partial charge in [0.05, 0.1) is 18.6 Å². The summed E-state index contributed by atoms with van der Waals surface area (Å²) in [6.45, 7) is 5.52. The quantitative estimate of drug-likeness (QED) is 0.353. The second-order valence-corrected chi connectivity index (χ2v) is 9.37. The van der Waals surface area contributed by atoms with Crippen molar-refractivity contribution in [1.29, 1.82) is 0 Å². The number of benzene rings is 1. The van der Waals surface area contributed by atoms with Gasteiger partial charge in [0, 0.05) is 11.8 Å². The van der Waals surface area contributed by atoms with Crippen LogP contribution < -0.4 is 14.4 Å². The van der Waals surface area contributed by atoms with Crippen LogP contribution in [0.1, 0.15) is 6.92 Å². The number of hydrogen-bond acceptors (Lipinski definition) is 8. The van der Waals surface area contributed by atoms with Crippen molar-refractivity contribution < 1.29 is 17.9 Å². The number of nitrogens with one attached hydrogen (secondary N) is 1. The number of rotatable bonds is 10. The molecule has 0 radical (unpaired) electrons. The minimum atomic E-state index is -3.67. The average Bonchev–Trinajstić information content (AvgIpc) is 3.04. The second-order valence-electron chi connectivity index (χ2n) is 5.22. The third-order valence-electron chi connectivity index (χ3n) is 3.08. The maximum absolute atomic E-state index is 12.3. The molecule has 0 saturated heterocycles. The van der Waals surface area contributed by atoms with E-state index >= 15 is 0 Å². The van der Waals surface area contributed by atoms with Crippen LogP contribution in [0.15, 0.2) is 41.3 Å². The first kappa shape index (κ1) is 21.2. The number of hydrogen-bond donors (Lipinski definition) is 1. The SMILES string of the molecule is C=CCSc1nnc(NC(=O)CN(c2cccc(OCC)c2)S(C)(=O)=O)s1. The summed E-state index contributed by atoms with van der Waals surface area (Å²) in [5, 5.41) is 10.7. The summed E-state index contributed by atoms with van der Waals surface area (Å²) in [7, 11) is -3.67. The topological polar surface area (TPSA) is 101 Å². The first-order valence-electron chi connectivity index (χ1n) is 7.91. The fraction of sp³-hybridized carbons (Fsp3) is 0.312. The Morgan fingerprint density at radius 3 is 2.89 bits per heavy atom. The molecule has 0 saturated carbocycles. The van der Waals surface area contributed by atoms with Gasteiger partial charge in [0.1, 0.15) is 12.3 Å². The van der Waals surface area contributed by atoms with Crippen LogP contribution in [0, 0.1) is 0 Å². The summed E-state index contributed by atoms with van der Waals surface area (Å²) in [6, 6.07) is 6.57. The third kappa shape index (κ3) is 6.52. The van der Waals surface area contributed by atoms with Gasteiger partial charge in [-0.2, -0.15) is 0 Å². The van der Waals surface area contributed by atoms with Crippen molar-refractivity contribution in [2.24, 2.45) is 0 Å². The van der Waals surface area contributed by atoms with E-state index in [1.54, 1.807) is 30.3 Å². The van der Waals surface area contributed by atoms with E-state index in [9.17, 15) is 13.2 Å². The summed E-state index contributed by atoms with van der Waals surface area (Å²) in [5.41, 5.74) is 0.345. The molecule has 1 aromatic carbocycles. The summed E-state index contributed by atoms with van der Waals surface area (Å²) >= 11 is 2.66. The molecule has 27 heavy (non-hydrogen) atoms. The predicted molar refractivity (Wildman–Crippen MR) is 109 cm³/mol. The van der Waals surface area contributed by atoms with Gasteiger partial charge in [-0.05, 0) is 19.1 Å². The highest BCUT2D eigenvalue weighted by atomic mass is 32.2. The number of ether oxygens (including phenoxy) is 1. The molecule has 2 aromatic rings. The van der Waals surface area contributed by atoms with Gasteiger partial charge in [-0.1, -0.05) is 35.2 Å². The van der Waals surface area contributed by atoms with Crippen LogP contribution in [0.25, 0.3) is 0 Å². The summed E-state index contributed by atoms with van der Waals surface area (Å²) in [6.07, 6.45) is 2.79. The lowest BCUT2D eigenvalue weighted by Crippen LogP contribution is -2.37. The zero-order valence-corrected chi connectivity index (χ0v) is 17.4. The van der Waals surface area contributed by atoms with E-state index in [2.05, 4.69) is 22.1 Å². The van der Waals surface area contributed by atoms with Crippen LogP contribution in [0.3, 0.4) is 0 Å². The fourth-order valence-electron chi connectivity index (χ4n) is 2.03. The standard InChI is InChI=1S/C16H20N4O4S3/c1-4-9-25-16-19-18-15(26-16)17-14(21)11-20(27(3,22)23)12-7-6-8-13(10-12)24-5-2/h4,6-8,10H,1,5,9,11H2,2-3H3,(H,17,18,21). The van der Waals surface area contributed by atoms with Crippen LogP contribution in [-0.4, -0.2) is 49.7 Å². The lowest BCUT2D eigenvalue weighted by atomic mass is 10.3. The highest BCUT2D eigenvalue weighted by Gasteiger charge is 2.22. The summed E-state index contributed by atoms with van der Waals surface area (Å²) in [4.78, 5) is 12.3. The van der Waals surface area contributed by atoms with Crippen LogP contribution in [0.4, 0.5) is 10.8 Å². The molecule has 1 heterocycles. The van der Waals surface area contributed by atoms with E-state index in [-0.39, 0.29) is 6.54 Å². The van der Waals surface area contributed by atoms with Gasteiger partial charge >= 0.3 is 0 Å². The monoisotopic (exact) mass is 428 g/mol. The molecule has 2 rings (SSSR count). The first-order valence-corrected chi connectivity index (χ1v) is 11.6. The molecule has 0 aliphatic carbocycles. The molecule has 0 unspecified atom stereocenters. The van der Waals surface area contributed by atoms with Gasteiger partial charge in [0.2, 0.25) is 21.1 Å². The molecular weight excluding hydrogens is 408 g/mol. The van der Waals surface area contributed by atoms with Crippen molar-refractivity contribution in [3.05, 3.63) is 36.9 Å². The maximum Gasteiger partial charge on any atom is 0.246 e. The second kappa shape index (κ2) is 9.72. The lowest BCUT2D eigenvalue weighted by molar-refractivity contribution is -0.114. The van der Waals surface area contributed by atoms with Gasteiger partial charge in [0.15, 0.2) is 4.34 Å². The number of thioether (sulfide) groups is 1. The Morgan fingerprint density at radius 2 is 2.22 bits per heavy atom. The molecular formula is C16H20N4O4S3. The molecule has 0 fully saturated rings. The zero-order valence-electron chi connectivity index (χ0n) is 14.9. The van der Waals surface area contributed by atoms with Gasteiger partial charge in [-0.3, -0.25) is 14.4 Å². The third-order valence-corrected chi connectivity index (χ3v) is 6.19. The van der Waals surface area contributed by atoms with E-state index in [4.69, 9.17) is 4.74 Å². The Balaban J connectivity index is 2.12. The Bertz CT molecular complexity index is 899. The summed E-state index contributed by atoms with van der Waals surface area (Å²) in [5.74, 6) is 0.691. The molecule has 11 heteroatoms. The summed E-state index contributed by atoms with van der Waals surface area (Å²) < 4.78 is 31.5. The molecule has 0 spiro atoms. The van der Waals surface area contributed by atoms with Gasteiger partial charge in [-0.15, -0.1) is 16.8 Å². The molecule has 0 bridgehead atoms. The van der Waals surface area contributed by atoms with Crippen molar-refractivity contribution in [3.63, 3.8) is 0 Å². The molecule has 1 N–H and O–H groups in total. The minimum absolute atomic E-state index is 0.308. The Kier molecular flexibility index (Phi) is 7.63. The van der Waals surface area contributed by atoms with E-state index in [0.717, 1.165) is 10.6 Å². The normalized spacial score (nSPS) is 11.0. The van der Waals surface area contributed by atoms with Gasteiger partial charge in [0.25, 0.3) is 0 Å². The smallest absolute Gasteiger partial charge is 0.246 e. The lowest BCUT2D eigenvalue weighted by Gasteiger charge is -2.22. The van der Waals surface area contributed by atoms with E-state index < -0.39 is 15.9 Å². The molecule has 0 aliphatic rings. The van der Waals surface area contributed by atoms with Crippen molar-refractivity contribution in [2.75, 3.05) is 34.8 Å². The van der Waals surface area contributed by atoms with E-state index in [1.165, 1.54) is 23.1 Å². The van der Waals surface area contributed by atoms with Crippen molar-refractivity contribution in [3.8, 4) is 5.75 Å². The molecule has 0 aliphatic heterocycles. The van der Waals surface area contributed by atoms with Gasteiger partial charge in [-0.25, -0.2) is 8.42 Å². The largest absolute Gasteiger partial charge is 0.494 e. The number of aromatic nitrogens is 2. The molecule has 8 nitrogen and oxygen atoms in total. The van der Waals surface area contributed by atoms with Crippen LogP contribution in [0.2, 0.25) is 0 Å². The van der Waals surface area contributed by atoms with Crippen molar-refractivity contribution in [1.82, 2.24) is 10.2 Å². The molecule has 1 aromatic heterocycles. The minimum Gasteiger partial charge on any atom is -0.494 e. The van der Waals surface area contributed by atoms with Gasteiger partial charge < -0.3 is 4.74 Å². The number of carbonyl (C=O) groups is 1. The number of amides is 1. The predicted octanol–water partition coefficient (Wildman–Crippen LogP) is 2.62. The van der Waals surface area contributed by atoms with Crippen LogP contribution in [0.5, 0.6) is 5.75 Å². The Labute approximate surface area is 166 Å². The van der Waals surface area contributed by atoms with Crippen molar-refractivity contribution in [2.45, 2.75) is 11.3 Å². The van der Waals surface area contributed by atoms with E-state index in [0.29, 0.717) is 33.3 Å². The number of anilines is 2. The van der Waals surface area contributed by atoms with Crippen LogP contribution >= 0.6 is 23.1 Å². The van der Waals surface area contributed by atoms with Crippen LogP contribution in [-0.2, 0) is 14.8 Å². The maximum atomic E-state index is 12.3. The number of carbonyl (C=O) groups excluding carboxylic acids is 1. The highest BCUT2D eigenvalue weighted by molar-refractivity contribution is 8.01. The molecule has 146 valence electrons. The Morgan fingerprint density at radius 1 is 1.44 bits per heavy atom. The molecule has 1 amide bonds. The van der Waals surface area contributed by atoms with E-state index in [1.807, 2.05) is 6.92 Å². The average molecular weight is 429 g/mol. The van der Waals surface area contributed by atoms with Crippen molar-refractivity contribution >= 4 is 49.8 Å². The number of sulfonamides is 1. The highest BCUT2D eigenvalue weighted by Crippen LogP contribution is 2.26. The fourth-order valence-corrected chi connectivity index (χ4v) is 4.41. The first-order chi connectivity index (χ1) is 12.8.